The van der Waals surface area contributed by atoms with E-state index in [-0.39, 0.29) is 5.82 Å². The van der Waals surface area contributed by atoms with Crippen LogP contribution in [-0.2, 0) is 6.54 Å². The van der Waals surface area contributed by atoms with Crippen molar-refractivity contribution in [2.45, 2.75) is 26.0 Å². The smallest absolute Gasteiger partial charge is 0.131 e. The highest BCUT2D eigenvalue weighted by atomic mass is 19.1. The monoisotopic (exact) mass is 310 g/mol. The van der Waals surface area contributed by atoms with Crippen molar-refractivity contribution in [1.29, 1.82) is 0 Å². The fourth-order valence-electron chi connectivity index (χ4n) is 2.53. The number of rotatable bonds is 4. The van der Waals surface area contributed by atoms with Crippen molar-refractivity contribution >= 4 is 0 Å². The minimum Gasteiger partial charge on any atom is -0.389 e. The van der Waals surface area contributed by atoms with Gasteiger partial charge in [-0.05, 0) is 31.0 Å². The van der Waals surface area contributed by atoms with Crippen LogP contribution in [0.4, 0.5) is 4.39 Å². The summed E-state index contributed by atoms with van der Waals surface area (Å²) in [6.07, 6.45) is 3.67. The fraction of sp³-hybridized carbons (Fsp3) is 0.211. The van der Waals surface area contributed by atoms with E-state index in [1.54, 1.807) is 36.9 Å². The zero-order valence-electron chi connectivity index (χ0n) is 13.2. The highest BCUT2D eigenvalue weighted by molar-refractivity contribution is 5.70. The molecule has 0 unspecified atom stereocenters. The third-order valence-electron chi connectivity index (χ3n) is 3.59. The van der Waals surface area contributed by atoms with Crippen LogP contribution < -0.4 is 0 Å². The molecule has 1 aromatic heterocycles. The molecule has 1 N–H and O–H groups in total. The van der Waals surface area contributed by atoms with Crippen molar-refractivity contribution in [3.8, 4) is 22.3 Å². The summed E-state index contributed by atoms with van der Waals surface area (Å²) in [5, 5.41) is 14.1. The normalized spacial score (nSPS) is 11.7. The average molecular weight is 310 g/mol. The van der Waals surface area contributed by atoms with Gasteiger partial charge in [-0.3, -0.25) is 4.68 Å². The standard InChI is InChI=1S/C19H19FN2O/c1-19(2,23)13-22-12-16(11-21-22)14-7-9-15(10-8-14)17-5-3-4-6-18(17)20/h3-12,23H,13H2,1-2H3. The van der Waals surface area contributed by atoms with E-state index in [1.807, 2.05) is 36.5 Å². The molecule has 2 aromatic carbocycles. The minimum atomic E-state index is -0.808. The van der Waals surface area contributed by atoms with Crippen molar-refractivity contribution in [1.82, 2.24) is 9.78 Å². The van der Waals surface area contributed by atoms with E-state index >= 15 is 0 Å². The fourth-order valence-corrected chi connectivity index (χ4v) is 2.53. The Morgan fingerprint density at radius 2 is 1.65 bits per heavy atom. The van der Waals surface area contributed by atoms with Gasteiger partial charge >= 0.3 is 0 Å². The van der Waals surface area contributed by atoms with E-state index in [4.69, 9.17) is 0 Å². The summed E-state index contributed by atoms with van der Waals surface area (Å²) in [6, 6.07) is 14.5. The SMILES string of the molecule is CC(C)(O)Cn1cc(-c2ccc(-c3ccccc3F)cc2)cn1. The van der Waals surface area contributed by atoms with Gasteiger partial charge in [-0.25, -0.2) is 4.39 Å². The van der Waals surface area contributed by atoms with Crippen LogP contribution in [0.25, 0.3) is 22.3 Å². The van der Waals surface area contributed by atoms with Gasteiger partial charge in [0, 0.05) is 17.3 Å². The van der Waals surface area contributed by atoms with E-state index < -0.39 is 5.60 Å². The predicted octanol–water partition coefficient (Wildman–Crippen LogP) is 4.13. The highest BCUT2D eigenvalue weighted by Crippen LogP contribution is 2.26. The third-order valence-corrected chi connectivity index (χ3v) is 3.59. The number of benzene rings is 2. The number of hydrogen-bond acceptors (Lipinski definition) is 2. The Kier molecular flexibility index (Phi) is 4.01. The van der Waals surface area contributed by atoms with E-state index in [1.165, 1.54) is 6.07 Å². The Labute approximate surface area is 135 Å². The first-order chi connectivity index (χ1) is 10.9. The maximum absolute atomic E-state index is 13.8. The van der Waals surface area contributed by atoms with Crippen LogP contribution >= 0.6 is 0 Å². The number of aromatic nitrogens is 2. The van der Waals surface area contributed by atoms with Gasteiger partial charge in [-0.1, -0.05) is 42.5 Å². The quantitative estimate of drug-likeness (QED) is 0.787. The first-order valence-corrected chi connectivity index (χ1v) is 7.52. The number of halogens is 1. The van der Waals surface area contributed by atoms with Gasteiger partial charge in [0.2, 0.25) is 0 Å². The summed E-state index contributed by atoms with van der Waals surface area (Å²) >= 11 is 0. The molecule has 0 aliphatic heterocycles. The maximum Gasteiger partial charge on any atom is 0.131 e. The first-order valence-electron chi connectivity index (χ1n) is 7.52. The lowest BCUT2D eigenvalue weighted by Gasteiger charge is -2.16. The van der Waals surface area contributed by atoms with Gasteiger partial charge < -0.3 is 5.11 Å². The van der Waals surface area contributed by atoms with Crippen LogP contribution in [0.5, 0.6) is 0 Å². The minimum absolute atomic E-state index is 0.224. The Morgan fingerprint density at radius 1 is 1.00 bits per heavy atom. The molecule has 118 valence electrons. The van der Waals surface area contributed by atoms with E-state index in [9.17, 15) is 9.50 Å². The van der Waals surface area contributed by atoms with Crippen molar-refractivity contribution < 1.29 is 9.50 Å². The Bertz CT molecular complexity index is 801. The molecule has 3 aromatic rings. The lowest BCUT2D eigenvalue weighted by molar-refractivity contribution is 0.0577. The molecule has 0 atom stereocenters. The van der Waals surface area contributed by atoms with Gasteiger partial charge in [-0.15, -0.1) is 0 Å². The zero-order chi connectivity index (χ0) is 16.4. The maximum atomic E-state index is 13.8. The highest BCUT2D eigenvalue weighted by Gasteiger charge is 2.14. The van der Waals surface area contributed by atoms with E-state index in [2.05, 4.69) is 5.10 Å². The summed E-state index contributed by atoms with van der Waals surface area (Å²) in [5.74, 6) is -0.224. The summed E-state index contributed by atoms with van der Waals surface area (Å²) in [7, 11) is 0. The molecule has 0 fully saturated rings. The molecule has 1 heterocycles. The molecule has 0 aliphatic rings. The van der Waals surface area contributed by atoms with Gasteiger partial charge in [0.25, 0.3) is 0 Å². The molecule has 0 aliphatic carbocycles. The van der Waals surface area contributed by atoms with E-state index in [0.717, 1.165) is 16.7 Å². The lowest BCUT2D eigenvalue weighted by Crippen LogP contribution is -2.26. The molecular formula is C19H19FN2O. The van der Waals surface area contributed by atoms with Crippen LogP contribution in [0.2, 0.25) is 0 Å². The number of hydrogen-bond donors (Lipinski definition) is 1. The van der Waals surface area contributed by atoms with E-state index in [0.29, 0.717) is 12.1 Å². The molecule has 0 saturated heterocycles. The topological polar surface area (TPSA) is 38.0 Å². The molecular weight excluding hydrogens is 291 g/mol. The second-order valence-electron chi connectivity index (χ2n) is 6.30. The third kappa shape index (κ3) is 3.66. The molecule has 0 saturated carbocycles. The van der Waals surface area contributed by atoms with Crippen molar-refractivity contribution in [2.75, 3.05) is 0 Å². The van der Waals surface area contributed by atoms with Crippen molar-refractivity contribution in [3.05, 3.63) is 66.7 Å². The van der Waals surface area contributed by atoms with Gasteiger partial charge in [-0.2, -0.15) is 5.10 Å². The lowest BCUT2D eigenvalue weighted by atomic mass is 10.0. The predicted molar refractivity (Wildman–Crippen MR) is 89.4 cm³/mol. The Morgan fingerprint density at radius 3 is 2.30 bits per heavy atom. The summed E-state index contributed by atoms with van der Waals surface area (Å²) in [5.41, 5.74) is 2.60. The van der Waals surface area contributed by atoms with Crippen LogP contribution in [0.1, 0.15) is 13.8 Å². The molecule has 0 spiro atoms. The Balaban J connectivity index is 1.84. The molecule has 0 amide bonds. The molecule has 3 rings (SSSR count). The molecule has 3 nitrogen and oxygen atoms in total. The first kappa shape index (κ1) is 15.4. The number of nitrogens with zero attached hydrogens (tertiary/aromatic N) is 2. The second kappa shape index (κ2) is 5.97. The van der Waals surface area contributed by atoms with Crippen molar-refractivity contribution in [3.63, 3.8) is 0 Å². The summed E-state index contributed by atoms with van der Waals surface area (Å²) < 4.78 is 15.5. The van der Waals surface area contributed by atoms with Crippen molar-refractivity contribution in [2.24, 2.45) is 0 Å². The number of aliphatic hydroxyl groups is 1. The van der Waals surface area contributed by atoms with Gasteiger partial charge in [0.1, 0.15) is 5.82 Å². The average Bonchev–Trinajstić information content (AvgIpc) is 2.94. The van der Waals surface area contributed by atoms with Crippen LogP contribution in [-0.4, -0.2) is 20.5 Å². The second-order valence-corrected chi connectivity index (χ2v) is 6.30. The van der Waals surface area contributed by atoms with Crippen LogP contribution in [0.15, 0.2) is 60.9 Å². The molecule has 4 heteroatoms. The van der Waals surface area contributed by atoms with Crippen LogP contribution in [0.3, 0.4) is 0 Å². The van der Waals surface area contributed by atoms with Gasteiger partial charge in [0.05, 0.1) is 18.3 Å². The zero-order valence-corrected chi connectivity index (χ0v) is 13.2. The molecule has 0 radical (unpaired) electrons. The van der Waals surface area contributed by atoms with Crippen LogP contribution in [0, 0.1) is 5.82 Å². The molecule has 23 heavy (non-hydrogen) atoms. The Hall–Kier alpha value is -2.46. The summed E-state index contributed by atoms with van der Waals surface area (Å²) in [6.45, 7) is 3.93. The summed E-state index contributed by atoms with van der Waals surface area (Å²) in [4.78, 5) is 0. The molecule has 0 bridgehead atoms. The van der Waals surface area contributed by atoms with Gasteiger partial charge in [0.15, 0.2) is 0 Å². The largest absolute Gasteiger partial charge is 0.389 e.